The summed E-state index contributed by atoms with van der Waals surface area (Å²) < 4.78 is 33.3. The third-order valence-corrected chi connectivity index (χ3v) is 3.87. The highest BCUT2D eigenvalue weighted by Gasteiger charge is 2.09. The molecule has 0 N–H and O–H groups in total. The highest BCUT2D eigenvalue weighted by molar-refractivity contribution is 5.65. The third kappa shape index (κ3) is 5.34. The van der Waals surface area contributed by atoms with Gasteiger partial charge in [0, 0.05) is 5.56 Å². The molecule has 23 heavy (non-hydrogen) atoms. The van der Waals surface area contributed by atoms with Crippen molar-refractivity contribution in [2.24, 2.45) is 0 Å². The van der Waals surface area contributed by atoms with Crippen LogP contribution in [0.2, 0.25) is 0 Å². The van der Waals surface area contributed by atoms with Crippen molar-refractivity contribution < 1.29 is 13.5 Å². The second kappa shape index (κ2) is 9.29. The minimum atomic E-state index is -0.447. The molecule has 0 aliphatic carbocycles. The van der Waals surface area contributed by atoms with Gasteiger partial charge < -0.3 is 4.74 Å². The van der Waals surface area contributed by atoms with E-state index in [1.54, 1.807) is 30.3 Å². The predicted molar refractivity (Wildman–Crippen MR) is 90.7 cm³/mol. The van der Waals surface area contributed by atoms with Crippen molar-refractivity contribution in [1.29, 1.82) is 0 Å². The Hall–Kier alpha value is -1.90. The predicted octanol–water partition coefficient (Wildman–Crippen LogP) is 6.37. The van der Waals surface area contributed by atoms with Crippen LogP contribution >= 0.6 is 0 Å². The molecule has 0 aliphatic rings. The average Bonchev–Trinajstić information content (AvgIpc) is 2.56. The molecule has 2 aromatic carbocycles. The van der Waals surface area contributed by atoms with Gasteiger partial charge in [0.05, 0.1) is 6.61 Å². The molecule has 0 atom stereocenters. The minimum absolute atomic E-state index is 0.235. The van der Waals surface area contributed by atoms with Crippen LogP contribution in [0.15, 0.2) is 42.5 Å². The van der Waals surface area contributed by atoms with E-state index < -0.39 is 5.82 Å². The number of hydrogen-bond acceptors (Lipinski definition) is 1. The lowest BCUT2D eigenvalue weighted by Crippen LogP contribution is -1.99. The molecule has 0 aromatic heterocycles. The van der Waals surface area contributed by atoms with E-state index in [4.69, 9.17) is 4.74 Å². The molecular formula is C20H24F2O. The van der Waals surface area contributed by atoms with Crippen LogP contribution in [0.5, 0.6) is 5.75 Å². The molecule has 2 aromatic rings. The highest BCUT2D eigenvalue weighted by Crippen LogP contribution is 2.27. The zero-order valence-corrected chi connectivity index (χ0v) is 13.7. The number of benzene rings is 2. The quantitative estimate of drug-likeness (QED) is 0.488. The molecule has 124 valence electrons. The second-order valence-corrected chi connectivity index (χ2v) is 5.74. The van der Waals surface area contributed by atoms with Crippen molar-refractivity contribution in [2.45, 2.75) is 45.4 Å². The van der Waals surface area contributed by atoms with Gasteiger partial charge >= 0.3 is 0 Å². The van der Waals surface area contributed by atoms with Crippen LogP contribution in [0.1, 0.15) is 45.4 Å². The molecule has 0 unspecified atom stereocenters. The molecule has 0 aliphatic heterocycles. The summed E-state index contributed by atoms with van der Waals surface area (Å²) in [6.45, 7) is 2.71. The van der Waals surface area contributed by atoms with Crippen molar-refractivity contribution in [3.63, 3.8) is 0 Å². The van der Waals surface area contributed by atoms with E-state index in [1.807, 2.05) is 0 Å². The van der Waals surface area contributed by atoms with Crippen LogP contribution in [0.25, 0.3) is 11.1 Å². The fourth-order valence-corrected chi connectivity index (χ4v) is 2.55. The monoisotopic (exact) mass is 318 g/mol. The first kappa shape index (κ1) is 17.5. The molecule has 0 saturated carbocycles. The van der Waals surface area contributed by atoms with Gasteiger partial charge in [0.1, 0.15) is 5.82 Å². The van der Waals surface area contributed by atoms with Crippen molar-refractivity contribution in [3.05, 3.63) is 54.1 Å². The number of unbranched alkanes of at least 4 members (excludes halogenated alkanes) is 5. The van der Waals surface area contributed by atoms with Crippen molar-refractivity contribution in [2.75, 3.05) is 6.61 Å². The molecule has 3 heteroatoms. The summed E-state index contributed by atoms with van der Waals surface area (Å²) in [6, 6.07) is 11.0. The first-order chi connectivity index (χ1) is 11.2. The summed E-state index contributed by atoms with van der Waals surface area (Å²) >= 11 is 0. The Bertz CT molecular complexity index is 610. The molecule has 0 amide bonds. The summed E-state index contributed by atoms with van der Waals surface area (Å²) in [7, 11) is 0. The van der Waals surface area contributed by atoms with Gasteiger partial charge in [0.2, 0.25) is 0 Å². The average molecular weight is 318 g/mol. The van der Waals surface area contributed by atoms with Gasteiger partial charge in [-0.05, 0) is 30.2 Å². The SMILES string of the molecule is CCCCCCCCOc1ccc(-c2ccccc2F)cc1F. The summed E-state index contributed by atoms with van der Waals surface area (Å²) in [4.78, 5) is 0. The van der Waals surface area contributed by atoms with Crippen LogP contribution < -0.4 is 4.74 Å². The molecule has 0 radical (unpaired) electrons. The van der Waals surface area contributed by atoms with Gasteiger partial charge in [-0.15, -0.1) is 0 Å². The normalized spacial score (nSPS) is 10.7. The van der Waals surface area contributed by atoms with Crippen molar-refractivity contribution >= 4 is 0 Å². The van der Waals surface area contributed by atoms with Gasteiger partial charge in [-0.25, -0.2) is 8.78 Å². The van der Waals surface area contributed by atoms with Crippen molar-refractivity contribution in [3.8, 4) is 16.9 Å². The van der Waals surface area contributed by atoms with E-state index in [-0.39, 0.29) is 11.6 Å². The van der Waals surface area contributed by atoms with Crippen LogP contribution in [-0.2, 0) is 0 Å². The number of hydrogen-bond donors (Lipinski definition) is 0. The molecule has 0 spiro atoms. The Morgan fingerprint density at radius 2 is 1.57 bits per heavy atom. The van der Waals surface area contributed by atoms with Crippen LogP contribution in [0.3, 0.4) is 0 Å². The summed E-state index contributed by atoms with van der Waals surface area (Å²) in [6.07, 6.45) is 6.99. The highest BCUT2D eigenvalue weighted by atomic mass is 19.1. The molecule has 0 fully saturated rings. The van der Waals surface area contributed by atoms with Crippen molar-refractivity contribution in [1.82, 2.24) is 0 Å². The molecule has 2 rings (SSSR count). The Morgan fingerprint density at radius 1 is 0.826 bits per heavy atom. The maximum atomic E-state index is 14.1. The largest absolute Gasteiger partial charge is 0.491 e. The maximum Gasteiger partial charge on any atom is 0.165 e. The van der Waals surface area contributed by atoms with Gasteiger partial charge in [-0.3, -0.25) is 0 Å². The van der Waals surface area contributed by atoms with E-state index in [0.717, 1.165) is 12.8 Å². The first-order valence-electron chi connectivity index (χ1n) is 8.39. The van der Waals surface area contributed by atoms with E-state index in [1.165, 1.54) is 37.8 Å². The van der Waals surface area contributed by atoms with Gasteiger partial charge in [-0.1, -0.05) is 63.3 Å². The number of rotatable bonds is 9. The number of halogens is 2. The van der Waals surface area contributed by atoms with Gasteiger partial charge in [0.15, 0.2) is 11.6 Å². The summed E-state index contributed by atoms with van der Waals surface area (Å²) in [5, 5.41) is 0. The van der Waals surface area contributed by atoms with E-state index >= 15 is 0 Å². The minimum Gasteiger partial charge on any atom is -0.491 e. The molecule has 0 bridgehead atoms. The van der Waals surface area contributed by atoms with E-state index in [9.17, 15) is 8.78 Å². The Balaban J connectivity index is 1.86. The zero-order chi connectivity index (χ0) is 16.5. The molecular weight excluding hydrogens is 294 g/mol. The molecule has 0 saturated heterocycles. The zero-order valence-electron chi connectivity index (χ0n) is 13.7. The Morgan fingerprint density at radius 3 is 2.30 bits per heavy atom. The lowest BCUT2D eigenvalue weighted by atomic mass is 10.0. The van der Waals surface area contributed by atoms with E-state index in [2.05, 4.69) is 6.92 Å². The fraction of sp³-hybridized carbons (Fsp3) is 0.400. The second-order valence-electron chi connectivity index (χ2n) is 5.74. The smallest absolute Gasteiger partial charge is 0.165 e. The Labute approximate surface area is 137 Å². The molecule has 1 nitrogen and oxygen atoms in total. The topological polar surface area (TPSA) is 9.23 Å². The lowest BCUT2D eigenvalue weighted by molar-refractivity contribution is 0.290. The van der Waals surface area contributed by atoms with Crippen LogP contribution in [0.4, 0.5) is 8.78 Å². The lowest BCUT2D eigenvalue weighted by Gasteiger charge is -2.09. The molecule has 0 heterocycles. The summed E-state index contributed by atoms with van der Waals surface area (Å²) in [5.74, 6) is -0.567. The number of ether oxygens (including phenoxy) is 1. The standard InChI is InChI=1S/C20H24F2O/c1-2-3-4-5-6-9-14-23-20-13-12-16(15-19(20)22)17-10-7-8-11-18(17)21/h7-8,10-13,15H,2-6,9,14H2,1H3. The first-order valence-corrected chi connectivity index (χ1v) is 8.39. The van der Waals surface area contributed by atoms with Crippen LogP contribution in [0, 0.1) is 11.6 Å². The maximum absolute atomic E-state index is 14.1. The third-order valence-electron chi connectivity index (χ3n) is 3.87. The van der Waals surface area contributed by atoms with Crippen LogP contribution in [-0.4, -0.2) is 6.61 Å². The Kier molecular flexibility index (Phi) is 7.05. The fourth-order valence-electron chi connectivity index (χ4n) is 2.55. The van der Waals surface area contributed by atoms with E-state index in [0.29, 0.717) is 17.7 Å². The van der Waals surface area contributed by atoms with Gasteiger partial charge in [0.25, 0.3) is 0 Å². The summed E-state index contributed by atoms with van der Waals surface area (Å²) in [5.41, 5.74) is 0.918. The van der Waals surface area contributed by atoms with Gasteiger partial charge in [-0.2, -0.15) is 0 Å².